The number of carbonyl (C=O) groups excluding carboxylic acids is 4. The standard InChI is InChI=1S/C31H42O8/c1-10-16(5)14-21(32)37-26-19(8)22-23(20(13-4)25(33)27(22)38-29(34)17(6)11-2)24(31(9)15-36-31)28(26)39-30(35)18(7)12-3/h12-14,17,22-24,26-28H,8,10-11,15H2,1-7,9H3/b16-14+,18-12-,20-13+/t17?,22-,23+,24-,26-,27-,28+,31+/m0/s1. The molecule has 2 aliphatic carbocycles. The average Bonchev–Trinajstić information content (AvgIpc) is 3.59. The predicted octanol–water partition coefficient (Wildman–Crippen LogP) is 4.83. The summed E-state index contributed by atoms with van der Waals surface area (Å²) in [6, 6.07) is 0. The molecule has 1 aliphatic heterocycles. The number of hydrogen-bond donors (Lipinski definition) is 0. The molecule has 0 amide bonds. The molecule has 2 saturated carbocycles. The SMILES string of the molecule is C=C1[C@H]2[C@@H](/C(=C\C)C(=O)[C@H]2OC(=O)C(C)CC)[C@H]([C@@]2(C)CO2)[C@@H](OC(=O)/C(C)=C\C)[C@H]1OC(=O)/C=C(\C)CC. The molecule has 0 aromatic carbocycles. The van der Waals surface area contributed by atoms with Gasteiger partial charge >= 0.3 is 17.9 Å². The zero-order chi connectivity index (χ0) is 29.2. The number of hydrogen-bond acceptors (Lipinski definition) is 8. The Kier molecular flexibility index (Phi) is 9.42. The van der Waals surface area contributed by atoms with Crippen LogP contribution >= 0.6 is 0 Å². The number of ether oxygens (including phenoxy) is 4. The van der Waals surface area contributed by atoms with E-state index in [1.54, 1.807) is 39.8 Å². The molecule has 1 saturated heterocycles. The van der Waals surface area contributed by atoms with Gasteiger partial charge in [-0.1, -0.05) is 45.1 Å². The number of esters is 3. The van der Waals surface area contributed by atoms with Crippen LogP contribution in [-0.4, -0.2) is 54.2 Å². The third-order valence-corrected chi connectivity index (χ3v) is 8.48. The first-order valence-electron chi connectivity index (χ1n) is 13.8. The predicted molar refractivity (Wildman–Crippen MR) is 145 cm³/mol. The Hall–Kier alpha value is -3.00. The van der Waals surface area contributed by atoms with Crippen LogP contribution in [-0.2, 0) is 38.1 Å². The Balaban J connectivity index is 2.16. The van der Waals surface area contributed by atoms with E-state index in [1.165, 1.54) is 6.08 Å². The molecule has 0 N–H and O–H groups in total. The molecule has 0 spiro atoms. The van der Waals surface area contributed by atoms with Gasteiger partial charge in [0.1, 0.15) is 6.10 Å². The first-order valence-corrected chi connectivity index (χ1v) is 13.8. The number of carbonyl (C=O) groups is 4. The Morgan fingerprint density at radius 3 is 2.26 bits per heavy atom. The Morgan fingerprint density at radius 1 is 1.10 bits per heavy atom. The van der Waals surface area contributed by atoms with E-state index in [1.807, 2.05) is 27.7 Å². The maximum atomic E-state index is 13.7. The monoisotopic (exact) mass is 542 g/mol. The minimum atomic E-state index is -1.12. The van der Waals surface area contributed by atoms with E-state index >= 15 is 0 Å². The van der Waals surface area contributed by atoms with Gasteiger partial charge in [0.15, 0.2) is 18.0 Å². The topological polar surface area (TPSA) is 109 Å². The van der Waals surface area contributed by atoms with Gasteiger partial charge in [-0.15, -0.1) is 0 Å². The van der Waals surface area contributed by atoms with E-state index in [0.717, 1.165) is 5.57 Å². The summed E-state index contributed by atoms with van der Waals surface area (Å²) >= 11 is 0. The number of fused-ring (bicyclic) bond motifs is 1. The summed E-state index contributed by atoms with van der Waals surface area (Å²) in [6.45, 7) is 19.0. The summed E-state index contributed by atoms with van der Waals surface area (Å²) < 4.78 is 23.7. The molecular formula is C31H42O8. The highest BCUT2D eigenvalue weighted by atomic mass is 16.6. The smallest absolute Gasteiger partial charge is 0.333 e. The van der Waals surface area contributed by atoms with Gasteiger partial charge < -0.3 is 18.9 Å². The maximum absolute atomic E-state index is 13.7. The highest BCUT2D eigenvalue weighted by Gasteiger charge is 2.67. The largest absolute Gasteiger partial charge is 0.454 e. The summed E-state index contributed by atoms with van der Waals surface area (Å²) in [5.74, 6) is -4.09. The minimum Gasteiger partial charge on any atom is -0.454 e. The molecule has 8 heteroatoms. The van der Waals surface area contributed by atoms with Crippen LogP contribution < -0.4 is 0 Å². The van der Waals surface area contributed by atoms with Crippen LogP contribution in [0.5, 0.6) is 0 Å². The number of Topliss-reactive ketones (excluding diaryl/α,β-unsaturated/α-hetero) is 1. The summed E-state index contributed by atoms with van der Waals surface area (Å²) in [4.78, 5) is 52.6. The lowest BCUT2D eigenvalue weighted by Crippen LogP contribution is -2.56. The zero-order valence-electron chi connectivity index (χ0n) is 24.4. The molecule has 0 bridgehead atoms. The first-order chi connectivity index (χ1) is 18.3. The van der Waals surface area contributed by atoms with Crippen molar-refractivity contribution in [2.24, 2.45) is 23.7 Å². The van der Waals surface area contributed by atoms with Gasteiger partial charge in [-0.3, -0.25) is 9.59 Å². The van der Waals surface area contributed by atoms with Crippen molar-refractivity contribution in [3.8, 4) is 0 Å². The second-order valence-electron chi connectivity index (χ2n) is 11.1. The molecular weight excluding hydrogens is 500 g/mol. The van der Waals surface area contributed by atoms with E-state index < -0.39 is 65.5 Å². The number of allylic oxidation sites excluding steroid dienone is 3. The first kappa shape index (κ1) is 30.5. The minimum absolute atomic E-state index is 0.317. The summed E-state index contributed by atoms with van der Waals surface area (Å²) in [5, 5.41) is 0. The molecule has 3 aliphatic rings. The van der Waals surface area contributed by atoms with Gasteiger partial charge in [0.25, 0.3) is 0 Å². The zero-order valence-corrected chi connectivity index (χ0v) is 24.4. The van der Waals surface area contributed by atoms with Gasteiger partial charge in [0.2, 0.25) is 0 Å². The molecule has 0 aromatic rings. The van der Waals surface area contributed by atoms with Crippen molar-refractivity contribution in [1.82, 2.24) is 0 Å². The van der Waals surface area contributed by atoms with Gasteiger partial charge in [0.05, 0.1) is 18.1 Å². The quantitative estimate of drug-likeness (QED) is 0.134. The van der Waals surface area contributed by atoms with Crippen LogP contribution in [0.25, 0.3) is 0 Å². The van der Waals surface area contributed by atoms with Crippen molar-refractivity contribution < 1.29 is 38.1 Å². The highest BCUT2D eigenvalue weighted by molar-refractivity contribution is 6.04. The van der Waals surface area contributed by atoms with E-state index in [2.05, 4.69) is 6.58 Å². The second kappa shape index (κ2) is 12.0. The normalized spacial score (nSPS) is 34.4. The van der Waals surface area contributed by atoms with Gasteiger partial charge in [-0.2, -0.15) is 0 Å². The van der Waals surface area contributed by atoms with E-state index in [9.17, 15) is 19.2 Å². The molecule has 1 unspecified atom stereocenters. The molecule has 3 rings (SSSR count). The molecule has 39 heavy (non-hydrogen) atoms. The van der Waals surface area contributed by atoms with Crippen molar-refractivity contribution in [3.63, 3.8) is 0 Å². The molecule has 8 nitrogen and oxygen atoms in total. The van der Waals surface area contributed by atoms with Gasteiger partial charge in [-0.05, 0) is 58.6 Å². The molecule has 1 heterocycles. The summed E-state index contributed by atoms with van der Waals surface area (Å²) in [7, 11) is 0. The number of rotatable bonds is 9. The fourth-order valence-corrected chi connectivity index (χ4v) is 5.49. The fraction of sp³-hybridized carbons (Fsp3) is 0.613. The molecule has 0 aromatic heterocycles. The lowest BCUT2D eigenvalue weighted by molar-refractivity contribution is -0.176. The van der Waals surface area contributed by atoms with Crippen LogP contribution in [0.4, 0.5) is 0 Å². The fourth-order valence-electron chi connectivity index (χ4n) is 5.49. The van der Waals surface area contributed by atoms with Crippen LogP contribution in [0.1, 0.15) is 68.2 Å². The summed E-state index contributed by atoms with van der Waals surface area (Å²) in [5.41, 5.74) is 1.31. The van der Waals surface area contributed by atoms with Crippen molar-refractivity contribution in [3.05, 3.63) is 47.1 Å². The second-order valence-corrected chi connectivity index (χ2v) is 11.1. The van der Waals surface area contributed by atoms with Crippen LogP contribution in [0.3, 0.4) is 0 Å². The van der Waals surface area contributed by atoms with Gasteiger partial charge in [-0.25, -0.2) is 9.59 Å². The molecule has 214 valence electrons. The van der Waals surface area contributed by atoms with Crippen molar-refractivity contribution in [2.75, 3.05) is 6.61 Å². The van der Waals surface area contributed by atoms with Crippen molar-refractivity contribution >= 4 is 23.7 Å². The third kappa shape index (κ3) is 5.96. The number of ketones is 1. The third-order valence-electron chi connectivity index (χ3n) is 8.48. The lowest BCUT2D eigenvalue weighted by atomic mass is 9.63. The average molecular weight is 543 g/mol. The summed E-state index contributed by atoms with van der Waals surface area (Å²) in [6.07, 6.45) is 2.81. The molecule has 0 radical (unpaired) electrons. The number of epoxide rings is 1. The van der Waals surface area contributed by atoms with Crippen LogP contribution in [0.2, 0.25) is 0 Å². The van der Waals surface area contributed by atoms with Crippen LogP contribution in [0.15, 0.2) is 47.1 Å². The van der Waals surface area contributed by atoms with E-state index in [0.29, 0.717) is 36.2 Å². The van der Waals surface area contributed by atoms with E-state index in [4.69, 9.17) is 18.9 Å². The van der Waals surface area contributed by atoms with Crippen LogP contribution in [0, 0.1) is 23.7 Å². The Morgan fingerprint density at radius 2 is 1.74 bits per heavy atom. The highest BCUT2D eigenvalue weighted by Crippen LogP contribution is 2.58. The lowest BCUT2D eigenvalue weighted by Gasteiger charge is -2.47. The molecule has 8 atom stereocenters. The molecule has 3 fully saturated rings. The van der Waals surface area contributed by atoms with E-state index in [-0.39, 0.29) is 5.78 Å². The maximum Gasteiger partial charge on any atom is 0.333 e. The Labute approximate surface area is 231 Å². The Bertz CT molecular complexity index is 1120. The van der Waals surface area contributed by atoms with Gasteiger partial charge in [0, 0.05) is 29.4 Å². The van der Waals surface area contributed by atoms with Crippen molar-refractivity contribution in [1.29, 1.82) is 0 Å². The van der Waals surface area contributed by atoms with Crippen molar-refractivity contribution in [2.45, 2.75) is 92.1 Å².